The number of rotatable bonds is 5. The van der Waals surface area contributed by atoms with E-state index in [2.05, 4.69) is 15.9 Å². The van der Waals surface area contributed by atoms with Crippen molar-refractivity contribution in [3.05, 3.63) is 17.7 Å². The first-order chi connectivity index (χ1) is 8.21. The Bertz CT molecular complexity index is 377. The van der Waals surface area contributed by atoms with E-state index >= 15 is 0 Å². The molecule has 94 valence electrons. The van der Waals surface area contributed by atoms with Gasteiger partial charge in [-0.2, -0.15) is 0 Å². The number of halogens is 1. The largest absolute Gasteiger partial charge is 0.496 e. The number of methoxy groups -OCH3 is 3. The quantitative estimate of drug-likeness (QED) is 0.778. The molecular formula is C13H17BrO3. The molecule has 0 spiro atoms. The van der Waals surface area contributed by atoms with Gasteiger partial charge < -0.3 is 14.2 Å². The van der Waals surface area contributed by atoms with Gasteiger partial charge in [-0.1, -0.05) is 15.9 Å². The fourth-order valence-electron chi connectivity index (χ4n) is 1.93. The van der Waals surface area contributed by atoms with Crippen LogP contribution in [0.1, 0.15) is 23.2 Å². The molecule has 0 aliphatic heterocycles. The van der Waals surface area contributed by atoms with Gasteiger partial charge >= 0.3 is 0 Å². The molecule has 4 heteroatoms. The Kier molecular flexibility index (Phi) is 3.82. The van der Waals surface area contributed by atoms with Gasteiger partial charge in [0.1, 0.15) is 17.2 Å². The molecule has 0 amide bonds. The lowest BCUT2D eigenvalue weighted by Gasteiger charge is -2.18. The topological polar surface area (TPSA) is 27.7 Å². The molecule has 1 unspecified atom stereocenters. The van der Waals surface area contributed by atoms with Gasteiger partial charge in [-0.05, 0) is 18.8 Å². The summed E-state index contributed by atoms with van der Waals surface area (Å²) >= 11 is 3.74. The van der Waals surface area contributed by atoms with Crippen LogP contribution in [0.15, 0.2) is 12.1 Å². The van der Waals surface area contributed by atoms with Crippen molar-refractivity contribution in [1.29, 1.82) is 0 Å². The molecule has 1 aromatic rings. The third-order valence-corrected chi connectivity index (χ3v) is 4.27. The third-order valence-electron chi connectivity index (χ3n) is 3.06. The van der Waals surface area contributed by atoms with Gasteiger partial charge in [0.25, 0.3) is 0 Å². The second kappa shape index (κ2) is 5.17. The number of benzene rings is 1. The van der Waals surface area contributed by atoms with E-state index in [1.807, 2.05) is 12.1 Å². The Morgan fingerprint density at radius 3 is 1.94 bits per heavy atom. The molecule has 1 aromatic carbocycles. The third kappa shape index (κ3) is 2.51. The predicted octanol–water partition coefficient (Wildman–Crippen LogP) is 3.56. The summed E-state index contributed by atoms with van der Waals surface area (Å²) in [6, 6.07) is 3.79. The summed E-state index contributed by atoms with van der Waals surface area (Å²) in [5, 5.41) is 0. The summed E-state index contributed by atoms with van der Waals surface area (Å²) < 4.78 is 16.1. The molecular weight excluding hydrogens is 284 g/mol. The van der Waals surface area contributed by atoms with Crippen LogP contribution in [0, 0.1) is 5.92 Å². The van der Waals surface area contributed by atoms with E-state index in [-0.39, 0.29) is 0 Å². The Labute approximate surface area is 110 Å². The summed E-state index contributed by atoms with van der Waals surface area (Å²) in [7, 11) is 4.98. The lowest BCUT2D eigenvalue weighted by atomic mass is 10.1. The van der Waals surface area contributed by atoms with Crippen molar-refractivity contribution < 1.29 is 14.2 Å². The molecule has 3 nitrogen and oxygen atoms in total. The SMILES string of the molecule is COc1cc(OC)c(C(Br)C2CC2)c(OC)c1. The van der Waals surface area contributed by atoms with Crippen molar-refractivity contribution in [2.24, 2.45) is 5.92 Å². The highest BCUT2D eigenvalue weighted by Crippen LogP contribution is 2.52. The highest BCUT2D eigenvalue weighted by atomic mass is 79.9. The highest BCUT2D eigenvalue weighted by molar-refractivity contribution is 9.09. The van der Waals surface area contributed by atoms with Crippen molar-refractivity contribution >= 4 is 15.9 Å². The normalized spacial score (nSPS) is 16.5. The Morgan fingerprint density at radius 1 is 1.06 bits per heavy atom. The first-order valence-electron chi connectivity index (χ1n) is 5.65. The molecule has 1 aliphatic carbocycles. The summed E-state index contributed by atoms with van der Waals surface area (Å²) in [6.45, 7) is 0. The van der Waals surface area contributed by atoms with Gasteiger partial charge in [0.15, 0.2) is 0 Å². The van der Waals surface area contributed by atoms with Gasteiger partial charge in [0, 0.05) is 17.0 Å². The second-order valence-corrected chi connectivity index (χ2v) is 5.17. The zero-order valence-electron chi connectivity index (χ0n) is 10.3. The maximum absolute atomic E-state index is 5.44. The van der Waals surface area contributed by atoms with Crippen LogP contribution in [-0.4, -0.2) is 21.3 Å². The molecule has 1 fully saturated rings. The van der Waals surface area contributed by atoms with Gasteiger partial charge in [0.2, 0.25) is 0 Å². The van der Waals surface area contributed by atoms with E-state index < -0.39 is 0 Å². The summed E-state index contributed by atoms with van der Waals surface area (Å²) in [6.07, 6.45) is 2.52. The first-order valence-corrected chi connectivity index (χ1v) is 6.56. The van der Waals surface area contributed by atoms with E-state index in [1.165, 1.54) is 12.8 Å². The summed E-state index contributed by atoms with van der Waals surface area (Å²) in [4.78, 5) is 0.290. The molecule has 0 heterocycles. The number of hydrogen-bond acceptors (Lipinski definition) is 3. The fraction of sp³-hybridized carbons (Fsp3) is 0.538. The molecule has 17 heavy (non-hydrogen) atoms. The molecule has 0 saturated heterocycles. The Hall–Kier alpha value is -0.900. The van der Waals surface area contributed by atoms with Crippen molar-refractivity contribution in [3.63, 3.8) is 0 Å². The number of hydrogen-bond donors (Lipinski definition) is 0. The smallest absolute Gasteiger partial charge is 0.130 e. The minimum atomic E-state index is 0.290. The number of alkyl halides is 1. The second-order valence-electron chi connectivity index (χ2n) is 4.18. The predicted molar refractivity (Wildman–Crippen MR) is 70.5 cm³/mol. The zero-order chi connectivity index (χ0) is 12.4. The van der Waals surface area contributed by atoms with Gasteiger partial charge in [-0.25, -0.2) is 0 Å². The van der Waals surface area contributed by atoms with Crippen LogP contribution in [0.25, 0.3) is 0 Å². The minimum Gasteiger partial charge on any atom is -0.496 e. The van der Waals surface area contributed by atoms with Crippen LogP contribution in [-0.2, 0) is 0 Å². The average Bonchev–Trinajstić information content (AvgIpc) is 3.20. The van der Waals surface area contributed by atoms with Crippen LogP contribution in [0.2, 0.25) is 0 Å². The standard InChI is InChI=1S/C13H17BrO3/c1-15-9-6-10(16-2)12(11(7-9)17-3)13(14)8-4-5-8/h6-8,13H,4-5H2,1-3H3. The zero-order valence-corrected chi connectivity index (χ0v) is 11.9. The first kappa shape index (κ1) is 12.6. The van der Waals surface area contributed by atoms with Gasteiger partial charge in [-0.3, -0.25) is 0 Å². The molecule has 0 bridgehead atoms. The molecule has 2 rings (SSSR count). The van der Waals surface area contributed by atoms with Crippen LogP contribution >= 0.6 is 15.9 Å². The molecule has 1 atom stereocenters. The molecule has 0 N–H and O–H groups in total. The van der Waals surface area contributed by atoms with Crippen molar-refractivity contribution in [1.82, 2.24) is 0 Å². The van der Waals surface area contributed by atoms with Crippen LogP contribution in [0.4, 0.5) is 0 Å². The van der Waals surface area contributed by atoms with E-state index in [9.17, 15) is 0 Å². The summed E-state index contributed by atoms with van der Waals surface area (Å²) in [5.41, 5.74) is 1.08. The Balaban J connectivity index is 2.45. The average molecular weight is 301 g/mol. The Morgan fingerprint density at radius 2 is 1.59 bits per heavy atom. The monoisotopic (exact) mass is 300 g/mol. The highest BCUT2D eigenvalue weighted by Gasteiger charge is 2.34. The lowest BCUT2D eigenvalue weighted by molar-refractivity contribution is 0.367. The van der Waals surface area contributed by atoms with E-state index in [0.29, 0.717) is 10.7 Å². The lowest BCUT2D eigenvalue weighted by Crippen LogP contribution is -2.01. The van der Waals surface area contributed by atoms with Gasteiger partial charge in [-0.15, -0.1) is 0 Å². The fourth-order valence-corrected chi connectivity index (χ4v) is 2.91. The molecule has 0 aromatic heterocycles. The maximum atomic E-state index is 5.44. The van der Waals surface area contributed by atoms with Crippen molar-refractivity contribution in [3.8, 4) is 17.2 Å². The van der Waals surface area contributed by atoms with E-state index in [1.54, 1.807) is 21.3 Å². The van der Waals surface area contributed by atoms with Crippen molar-refractivity contribution in [2.75, 3.05) is 21.3 Å². The number of ether oxygens (including phenoxy) is 3. The van der Waals surface area contributed by atoms with Crippen LogP contribution in [0.3, 0.4) is 0 Å². The van der Waals surface area contributed by atoms with Crippen LogP contribution < -0.4 is 14.2 Å². The van der Waals surface area contributed by atoms with Crippen molar-refractivity contribution in [2.45, 2.75) is 17.7 Å². The van der Waals surface area contributed by atoms with Gasteiger partial charge in [0.05, 0.1) is 26.9 Å². The molecule has 1 saturated carbocycles. The van der Waals surface area contributed by atoms with Crippen LogP contribution in [0.5, 0.6) is 17.2 Å². The maximum Gasteiger partial charge on any atom is 0.130 e. The minimum absolute atomic E-state index is 0.290. The molecule has 0 radical (unpaired) electrons. The van der Waals surface area contributed by atoms with E-state index in [4.69, 9.17) is 14.2 Å². The van der Waals surface area contributed by atoms with E-state index in [0.717, 1.165) is 22.8 Å². The summed E-state index contributed by atoms with van der Waals surface area (Å²) in [5.74, 6) is 3.06. The molecule has 1 aliphatic rings.